The molecule has 370 valence electrons. The summed E-state index contributed by atoms with van der Waals surface area (Å²) in [5.74, 6) is 0.0595. The van der Waals surface area contributed by atoms with Crippen LogP contribution < -0.4 is 18.9 Å². The number of benzene rings is 4. The van der Waals surface area contributed by atoms with E-state index in [2.05, 4.69) is 46.9 Å². The Bertz CT molecular complexity index is 2840. The van der Waals surface area contributed by atoms with Gasteiger partial charge in [-0.15, -0.1) is 0 Å². The number of carboxylic acids is 2. The Morgan fingerprint density at radius 3 is 1.60 bits per heavy atom. The summed E-state index contributed by atoms with van der Waals surface area (Å²) in [7, 11) is 0. The lowest BCUT2D eigenvalue weighted by Gasteiger charge is -2.33. The molecule has 2 atom stereocenters. The lowest BCUT2D eigenvalue weighted by molar-refractivity contribution is -0.145. The number of nitriles is 1. The van der Waals surface area contributed by atoms with Crippen molar-refractivity contribution in [3.63, 3.8) is 0 Å². The molecule has 2 N–H and O–H groups in total. The van der Waals surface area contributed by atoms with E-state index in [-0.39, 0.29) is 26.4 Å². The largest absolute Gasteiger partial charge is 0.488 e. The van der Waals surface area contributed by atoms with Crippen molar-refractivity contribution in [2.45, 2.75) is 104 Å². The fourth-order valence-corrected chi connectivity index (χ4v) is 9.87. The van der Waals surface area contributed by atoms with E-state index in [0.29, 0.717) is 94.4 Å². The van der Waals surface area contributed by atoms with Crippen molar-refractivity contribution < 1.29 is 38.7 Å². The van der Waals surface area contributed by atoms with Crippen LogP contribution >= 0.6 is 23.2 Å². The van der Waals surface area contributed by atoms with Gasteiger partial charge in [-0.3, -0.25) is 29.4 Å². The Kier molecular flexibility index (Phi) is 16.9. The smallest absolute Gasteiger partial charge is 0.320 e. The maximum atomic E-state index is 12.2. The number of carboxylic acid groups (broad SMARTS) is 2. The second-order valence-corrected chi connectivity index (χ2v) is 18.9. The molecule has 2 aliphatic heterocycles. The zero-order valence-corrected chi connectivity index (χ0v) is 41.6. The Balaban J connectivity index is 1.01. The number of piperidine rings is 2. The first kappa shape index (κ1) is 51.2. The molecule has 2 aromatic heterocycles. The van der Waals surface area contributed by atoms with Gasteiger partial charge in [0.05, 0.1) is 22.2 Å². The number of hydrogen-bond acceptors (Lipinski definition) is 11. The molecule has 6 aromatic rings. The molecule has 0 amide bonds. The van der Waals surface area contributed by atoms with Crippen LogP contribution in [0.25, 0.3) is 16.0 Å². The first-order chi connectivity index (χ1) is 34.9. The van der Waals surface area contributed by atoms with Crippen molar-refractivity contribution in [1.29, 1.82) is 5.26 Å². The summed E-state index contributed by atoms with van der Waals surface area (Å²) in [5, 5.41) is 30.1. The molecule has 1 unspecified atom stereocenters. The van der Waals surface area contributed by atoms with Gasteiger partial charge in [-0.1, -0.05) is 72.4 Å². The van der Waals surface area contributed by atoms with E-state index >= 15 is 0 Å². The van der Waals surface area contributed by atoms with Crippen LogP contribution in [0.2, 0.25) is 10.0 Å². The minimum atomic E-state index is -0.859. The molecule has 16 heteroatoms. The van der Waals surface area contributed by atoms with Gasteiger partial charge in [0.1, 0.15) is 67.6 Å². The molecule has 0 aliphatic carbocycles. The number of pyridine rings is 2. The summed E-state index contributed by atoms with van der Waals surface area (Å²) in [5.41, 5.74) is 9.56. The normalized spacial score (nSPS) is 16.0. The van der Waals surface area contributed by atoms with Crippen LogP contribution in [0.5, 0.6) is 23.0 Å². The second-order valence-electron chi connectivity index (χ2n) is 18.1. The van der Waals surface area contributed by atoms with Crippen LogP contribution in [0.3, 0.4) is 0 Å². The Hall–Kier alpha value is -7.20. The Morgan fingerprint density at radius 1 is 0.653 bits per heavy atom. The lowest BCUT2D eigenvalue weighted by atomic mass is 9.92. The molecule has 2 saturated heterocycles. The average molecular weight is 1010 g/mol. The summed E-state index contributed by atoms with van der Waals surface area (Å²) in [6.45, 7) is 14.0. The van der Waals surface area contributed by atoms with Crippen LogP contribution in [0.15, 0.2) is 97.6 Å². The van der Waals surface area contributed by atoms with E-state index in [1.807, 2.05) is 34.1 Å². The third-order valence-corrected chi connectivity index (χ3v) is 13.9. The summed E-state index contributed by atoms with van der Waals surface area (Å²) in [4.78, 5) is 40.1. The molecule has 2 fully saturated rings. The third kappa shape index (κ3) is 12.4. The maximum Gasteiger partial charge on any atom is 0.320 e. The predicted octanol–water partition coefficient (Wildman–Crippen LogP) is 11.7. The fourth-order valence-electron chi connectivity index (χ4n) is 9.38. The molecule has 14 nitrogen and oxygen atoms in total. The molecule has 72 heavy (non-hydrogen) atoms. The highest BCUT2D eigenvalue weighted by Gasteiger charge is 2.31. The van der Waals surface area contributed by atoms with Crippen molar-refractivity contribution in [3.8, 4) is 40.2 Å². The molecule has 8 rings (SSSR count). The first-order valence-corrected chi connectivity index (χ1v) is 24.6. The van der Waals surface area contributed by atoms with Crippen LogP contribution in [0.4, 0.5) is 5.69 Å². The zero-order chi connectivity index (χ0) is 50.7. The minimum Gasteiger partial charge on any atom is -0.488 e. The number of nitrogens with zero attached hydrogens (tertiary/aromatic N) is 6. The Labute approximate surface area is 429 Å². The Morgan fingerprint density at radius 2 is 1.12 bits per heavy atom. The van der Waals surface area contributed by atoms with E-state index in [4.69, 9.17) is 48.7 Å². The second kappa shape index (κ2) is 23.8. The van der Waals surface area contributed by atoms with Crippen molar-refractivity contribution in [2.75, 3.05) is 13.1 Å². The zero-order valence-electron chi connectivity index (χ0n) is 40.1. The van der Waals surface area contributed by atoms with E-state index in [0.717, 1.165) is 70.2 Å². The van der Waals surface area contributed by atoms with Gasteiger partial charge in [0, 0.05) is 66.7 Å². The molecule has 4 heterocycles. The molecular formula is C56H54Cl2N6O8. The number of hydrogen-bond donors (Lipinski definition) is 2. The average Bonchev–Trinajstić information content (AvgIpc) is 3.38. The number of likely N-dealkylation sites (tertiary alicyclic amines) is 2. The van der Waals surface area contributed by atoms with Crippen molar-refractivity contribution in [1.82, 2.24) is 19.8 Å². The molecule has 0 radical (unpaired) electrons. The number of ether oxygens (including phenoxy) is 4. The van der Waals surface area contributed by atoms with Crippen LogP contribution in [0, 0.1) is 31.8 Å². The molecule has 0 spiro atoms. The number of aliphatic carboxylic acids is 2. The quantitative estimate of drug-likeness (QED) is 0.0735. The highest BCUT2D eigenvalue weighted by molar-refractivity contribution is 6.32. The maximum absolute atomic E-state index is 12.2. The van der Waals surface area contributed by atoms with Gasteiger partial charge in [0.25, 0.3) is 0 Å². The molecule has 4 aromatic carbocycles. The first-order valence-electron chi connectivity index (χ1n) is 23.8. The van der Waals surface area contributed by atoms with Gasteiger partial charge >= 0.3 is 11.9 Å². The van der Waals surface area contributed by atoms with Gasteiger partial charge in [-0.2, -0.15) is 5.26 Å². The van der Waals surface area contributed by atoms with E-state index in [9.17, 15) is 25.1 Å². The summed E-state index contributed by atoms with van der Waals surface area (Å²) in [6.07, 6.45) is 10.8. The van der Waals surface area contributed by atoms with Gasteiger partial charge in [-0.25, -0.2) is 4.85 Å². The van der Waals surface area contributed by atoms with Crippen molar-refractivity contribution in [3.05, 3.63) is 169 Å². The standard InChI is InChI=1S/C56H54Cl2N6O8/c1-35-40(33-71-53-22-51(69-31-38-18-37(24-59)25-61-26-38)42(20-47(53)57)29-63-16-6-4-14-49(63)55(65)66)10-8-12-45(35)46-13-9-11-41(36(46)2)34-72-54-23-52(70-32-39-19-44(60-3)28-62-27-39)43(21-48(54)58)30-64-17-7-5-15-50(64)56(67)68/h8-13,18-23,25-28,49-50H,4-7,14-17,29-34H2,1-2H3,(H,65,66)(H,67,68)/t49?,50-/m0/s1. The number of aromatic nitrogens is 2. The van der Waals surface area contributed by atoms with Gasteiger partial charge in [0.2, 0.25) is 5.69 Å². The lowest BCUT2D eigenvalue weighted by Crippen LogP contribution is -2.44. The summed E-state index contributed by atoms with van der Waals surface area (Å²) < 4.78 is 25.6. The highest BCUT2D eigenvalue weighted by atomic mass is 35.5. The number of rotatable bonds is 19. The molecule has 0 saturated carbocycles. The SMILES string of the molecule is [C-]#[N+]c1cncc(COc2cc(OCc3cccc(-c4cccc(COc5cc(OCc6cncc(C#N)c6)c(CN6CCCCC6C(=O)O)cc5Cl)c4C)c3C)c(Cl)cc2CN2CCCC[C@H]2C(=O)O)c1. The minimum absolute atomic E-state index is 0.118. The van der Waals surface area contributed by atoms with Gasteiger partial charge < -0.3 is 29.2 Å². The number of carbonyl (C=O) groups is 2. The summed E-state index contributed by atoms with van der Waals surface area (Å²) >= 11 is 13.9. The van der Waals surface area contributed by atoms with Gasteiger partial charge in [-0.05, 0) is 116 Å². The van der Waals surface area contributed by atoms with Crippen LogP contribution in [0.1, 0.15) is 88.6 Å². The third-order valence-electron chi connectivity index (χ3n) is 13.3. The molecular weight excluding hydrogens is 956 g/mol. The van der Waals surface area contributed by atoms with Crippen LogP contribution in [-0.4, -0.2) is 67.1 Å². The van der Waals surface area contributed by atoms with E-state index in [1.165, 1.54) is 12.4 Å². The van der Waals surface area contributed by atoms with Crippen molar-refractivity contribution >= 4 is 40.8 Å². The predicted molar refractivity (Wildman–Crippen MR) is 272 cm³/mol. The van der Waals surface area contributed by atoms with E-state index < -0.39 is 24.0 Å². The monoisotopic (exact) mass is 1010 g/mol. The van der Waals surface area contributed by atoms with Crippen molar-refractivity contribution in [2.24, 2.45) is 0 Å². The van der Waals surface area contributed by atoms with Crippen LogP contribution in [-0.2, 0) is 49.1 Å². The summed E-state index contributed by atoms with van der Waals surface area (Å²) in [6, 6.07) is 23.5. The van der Waals surface area contributed by atoms with E-state index in [1.54, 1.807) is 48.8 Å². The molecule has 0 bridgehead atoms. The molecule has 2 aliphatic rings. The highest BCUT2D eigenvalue weighted by Crippen LogP contribution is 2.39. The van der Waals surface area contributed by atoms with Gasteiger partial charge in [0.15, 0.2) is 0 Å². The fraction of sp³-hybridized carbons (Fsp3) is 0.321. The topological polar surface area (TPSA) is 172 Å². The number of halogens is 2.